The average Bonchev–Trinajstić information content (AvgIpc) is 3.25. The molecule has 2 amide bonds. The monoisotopic (exact) mass is 385 g/mol. The van der Waals surface area contributed by atoms with Gasteiger partial charge in [0.15, 0.2) is 11.5 Å². The van der Waals surface area contributed by atoms with Gasteiger partial charge in [0.1, 0.15) is 19.0 Å². The number of carbonyl (C=O) groups excluding carboxylic acids is 1. The third kappa shape index (κ3) is 4.25. The Kier molecular flexibility index (Phi) is 5.71. The number of anilines is 1. The van der Waals surface area contributed by atoms with Crippen LogP contribution < -0.4 is 14.8 Å². The Bertz CT molecular complexity index is 785. The molecule has 1 aromatic heterocycles. The molecule has 0 unspecified atom stereocenters. The number of piperidine rings is 1. The molecule has 0 bridgehead atoms. The number of urea groups is 1. The molecule has 2 aliphatic heterocycles. The number of rotatable bonds is 5. The lowest BCUT2D eigenvalue weighted by Crippen LogP contribution is -2.48. The number of nitrogens with zero attached hydrogens (tertiary/aromatic N) is 2. The highest BCUT2D eigenvalue weighted by atomic mass is 16.6. The standard InChI is InChI=1S/C21H27N3O4/c1-2-23-9-7-17(8-10-23)24(15-18-4-3-11-26-18)21(25)22-16-5-6-19-20(14-16)28-13-12-27-19/h3-6,11,14,17H,2,7-10,12-13,15H2,1H3,(H,22,25). The zero-order valence-corrected chi connectivity index (χ0v) is 16.2. The van der Waals surface area contributed by atoms with Crippen molar-refractivity contribution >= 4 is 11.7 Å². The van der Waals surface area contributed by atoms with E-state index in [0.717, 1.165) is 38.2 Å². The number of furan rings is 1. The molecule has 1 aromatic carbocycles. The minimum atomic E-state index is -0.122. The highest BCUT2D eigenvalue weighted by Gasteiger charge is 2.28. The number of hydrogen-bond acceptors (Lipinski definition) is 5. The van der Waals surface area contributed by atoms with Crippen molar-refractivity contribution in [3.05, 3.63) is 42.4 Å². The van der Waals surface area contributed by atoms with Gasteiger partial charge >= 0.3 is 6.03 Å². The van der Waals surface area contributed by atoms with Gasteiger partial charge in [-0.15, -0.1) is 0 Å². The Morgan fingerprint density at radius 3 is 2.68 bits per heavy atom. The summed E-state index contributed by atoms with van der Waals surface area (Å²) in [7, 11) is 0. The molecule has 7 heteroatoms. The van der Waals surface area contributed by atoms with Gasteiger partial charge in [0.25, 0.3) is 0 Å². The molecule has 7 nitrogen and oxygen atoms in total. The fourth-order valence-corrected chi connectivity index (χ4v) is 3.80. The van der Waals surface area contributed by atoms with Gasteiger partial charge in [0.05, 0.1) is 12.8 Å². The van der Waals surface area contributed by atoms with Crippen LogP contribution in [0.5, 0.6) is 11.5 Å². The molecule has 28 heavy (non-hydrogen) atoms. The summed E-state index contributed by atoms with van der Waals surface area (Å²) >= 11 is 0. The van der Waals surface area contributed by atoms with Gasteiger partial charge in [0.2, 0.25) is 0 Å². The molecule has 0 aliphatic carbocycles. The first kappa shape index (κ1) is 18.7. The van der Waals surface area contributed by atoms with E-state index in [1.807, 2.05) is 35.2 Å². The van der Waals surface area contributed by atoms with Crippen molar-refractivity contribution in [2.75, 3.05) is 38.2 Å². The zero-order valence-electron chi connectivity index (χ0n) is 16.2. The van der Waals surface area contributed by atoms with Crippen LogP contribution >= 0.6 is 0 Å². The fraction of sp³-hybridized carbons (Fsp3) is 0.476. The molecule has 1 fully saturated rings. The second-order valence-electron chi connectivity index (χ2n) is 7.16. The normalized spacial score (nSPS) is 17.3. The predicted molar refractivity (Wildman–Crippen MR) is 106 cm³/mol. The second kappa shape index (κ2) is 8.56. The minimum Gasteiger partial charge on any atom is -0.486 e. The molecule has 0 radical (unpaired) electrons. The van der Waals surface area contributed by atoms with Crippen LogP contribution in [-0.2, 0) is 6.54 Å². The van der Waals surface area contributed by atoms with Crippen molar-refractivity contribution in [1.82, 2.24) is 9.80 Å². The smallest absolute Gasteiger partial charge is 0.322 e. The minimum absolute atomic E-state index is 0.122. The van der Waals surface area contributed by atoms with Crippen molar-refractivity contribution in [2.45, 2.75) is 32.4 Å². The molecule has 0 atom stereocenters. The molecule has 1 N–H and O–H groups in total. The topological polar surface area (TPSA) is 67.2 Å². The maximum absolute atomic E-state index is 13.1. The van der Waals surface area contributed by atoms with Crippen molar-refractivity contribution < 1.29 is 18.7 Å². The number of nitrogens with one attached hydrogen (secondary N) is 1. The molecule has 150 valence electrons. The Labute approximate surface area is 165 Å². The van der Waals surface area contributed by atoms with Gasteiger partial charge in [-0.05, 0) is 43.7 Å². The molecular weight excluding hydrogens is 358 g/mol. The van der Waals surface area contributed by atoms with Crippen LogP contribution in [0.4, 0.5) is 10.5 Å². The highest BCUT2D eigenvalue weighted by molar-refractivity contribution is 5.90. The Morgan fingerprint density at radius 1 is 1.18 bits per heavy atom. The molecule has 2 aromatic rings. The molecule has 2 aliphatic rings. The third-order valence-corrected chi connectivity index (χ3v) is 5.41. The van der Waals surface area contributed by atoms with Crippen LogP contribution in [0.25, 0.3) is 0 Å². The number of hydrogen-bond donors (Lipinski definition) is 1. The van der Waals surface area contributed by atoms with Crippen molar-refractivity contribution in [2.24, 2.45) is 0 Å². The number of carbonyl (C=O) groups is 1. The molecule has 1 saturated heterocycles. The summed E-state index contributed by atoms with van der Waals surface area (Å²) in [4.78, 5) is 17.5. The molecule has 0 saturated carbocycles. The maximum Gasteiger partial charge on any atom is 0.322 e. The van der Waals surface area contributed by atoms with Crippen LogP contribution in [0.15, 0.2) is 41.0 Å². The number of ether oxygens (including phenoxy) is 2. The van der Waals surface area contributed by atoms with Gasteiger partial charge in [-0.3, -0.25) is 0 Å². The van der Waals surface area contributed by atoms with E-state index in [1.165, 1.54) is 0 Å². The van der Waals surface area contributed by atoms with E-state index in [2.05, 4.69) is 17.1 Å². The number of amides is 2. The van der Waals surface area contributed by atoms with Crippen molar-refractivity contribution in [3.8, 4) is 11.5 Å². The van der Waals surface area contributed by atoms with Crippen LogP contribution in [0, 0.1) is 0 Å². The second-order valence-corrected chi connectivity index (χ2v) is 7.16. The summed E-state index contributed by atoms with van der Waals surface area (Å²) in [5.74, 6) is 2.16. The molecule has 0 spiro atoms. The SMILES string of the molecule is CCN1CCC(N(Cc2ccco2)C(=O)Nc2ccc3c(c2)OCCO3)CC1. The summed E-state index contributed by atoms with van der Waals surface area (Å²) in [5, 5.41) is 3.02. The van der Waals surface area contributed by atoms with Crippen LogP contribution in [0.1, 0.15) is 25.5 Å². The van der Waals surface area contributed by atoms with E-state index in [-0.39, 0.29) is 12.1 Å². The van der Waals surface area contributed by atoms with Gasteiger partial charge in [-0.2, -0.15) is 0 Å². The summed E-state index contributed by atoms with van der Waals surface area (Å²) in [5.41, 5.74) is 0.699. The molecular formula is C21H27N3O4. The van der Waals surface area contributed by atoms with E-state index in [9.17, 15) is 4.79 Å². The predicted octanol–water partition coefficient (Wildman–Crippen LogP) is 3.57. The van der Waals surface area contributed by atoms with Gasteiger partial charge in [-0.1, -0.05) is 6.92 Å². The lowest BCUT2D eigenvalue weighted by molar-refractivity contribution is 0.121. The van der Waals surface area contributed by atoms with Gasteiger partial charge in [0, 0.05) is 30.9 Å². The summed E-state index contributed by atoms with van der Waals surface area (Å²) in [6.45, 7) is 6.77. The Balaban J connectivity index is 1.48. The van der Waals surface area contributed by atoms with E-state index in [4.69, 9.17) is 13.9 Å². The lowest BCUT2D eigenvalue weighted by atomic mass is 10.0. The zero-order chi connectivity index (χ0) is 19.3. The van der Waals surface area contributed by atoms with Gasteiger partial charge < -0.3 is 29.0 Å². The average molecular weight is 385 g/mol. The third-order valence-electron chi connectivity index (χ3n) is 5.41. The largest absolute Gasteiger partial charge is 0.486 e. The van der Waals surface area contributed by atoms with Crippen LogP contribution in [0.2, 0.25) is 0 Å². The van der Waals surface area contributed by atoms with E-state index < -0.39 is 0 Å². The first-order valence-electron chi connectivity index (χ1n) is 9.95. The first-order chi connectivity index (χ1) is 13.7. The van der Waals surface area contributed by atoms with E-state index >= 15 is 0 Å². The van der Waals surface area contributed by atoms with Crippen molar-refractivity contribution in [3.63, 3.8) is 0 Å². The summed E-state index contributed by atoms with van der Waals surface area (Å²) in [6, 6.07) is 9.32. The van der Waals surface area contributed by atoms with Crippen molar-refractivity contribution in [1.29, 1.82) is 0 Å². The first-order valence-corrected chi connectivity index (χ1v) is 9.95. The van der Waals surface area contributed by atoms with Gasteiger partial charge in [-0.25, -0.2) is 4.79 Å². The van der Waals surface area contributed by atoms with Crippen LogP contribution in [-0.4, -0.2) is 54.7 Å². The fourth-order valence-electron chi connectivity index (χ4n) is 3.80. The summed E-state index contributed by atoms with van der Waals surface area (Å²) < 4.78 is 16.7. The number of fused-ring (bicyclic) bond motifs is 1. The van der Waals surface area contributed by atoms with Crippen LogP contribution in [0.3, 0.4) is 0 Å². The number of benzene rings is 1. The Morgan fingerprint density at radius 2 is 1.96 bits per heavy atom. The van der Waals surface area contributed by atoms with E-state index in [1.54, 1.807) is 6.26 Å². The molecule has 3 heterocycles. The maximum atomic E-state index is 13.1. The summed E-state index contributed by atoms with van der Waals surface area (Å²) in [6.07, 6.45) is 3.57. The Hall–Kier alpha value is -2.67. The van der Waals surface area contributed by atoms with E-state index in [0.29, 0.717) is 36.9 Å². The molecule has 4 rings (SSSR count). The quantitative estimate of drug-likeness (QED) is 0.852. The lowest BCUT2D eigenvalue weighted by Gasteiger charge is -2.37. The number of likely N-dealkylation sites (tertiary alicyclic amines) is 1. The highest BCUT2D eigenvalue weighted by Crippen LogP contribution is 2.33.